The number of hydrogen-bond acceptors (Lipinski definition) is 4. The molecule has 1 aliphatic rings. The number of hydrogen-bond donors (Lipinski definition) is 1. The van der Waals surface area contributed by atoms with Crippen molar-refractivity contribution >= 4 is 33.4 Å². The molecule has 0 bridgehead atoms. The highest BCUT2D eigenvalue weighted by Gasteiger charge is 2.32. The number of nitrogens with zero attached hydrogens (tertiary/aromatic N) is 1. The fourth-order valence-electron chi connectivity index (χ4n) is 2.39. The molecule has 2 atom stereocenters. The van der Waals surface area contributed by atoms with Gasteiger partial charge in [-0.2, -0.15) is 16.1 Å². The second kappa shape index (κ2) is 6.42. The van der Waals surface area contributed by atoms with E-state index in [1.54, 1.807) is 11.8 Å². The lowest BCUT2D eigenvalue weighted by Gasteiger charge is -2.33. The predicted molar refractivity (Wildman–Crippen MR) is 84.6 cm³/mol. The molecular weight excluding hydrogens is 335 g/mol. The minimum Gasteiger partial charge on any atom is -0.326 e. The average Bonchev–Trinajstić information content (AvgIpc) is 2.40. The van der Waals surface area contributed by atoms with E-state index in [0.29, 0.717) is 18.7 Å². The first-order chi connectivity index (χ1) is 9.75. The second-order valence-electron chi connectivity index (χ2n) is 5.16. The predicted octanol–water partition coefficient (Wildman–Crippen LogP) is 2.45. The summed E-state index contributed by atoms with van der Waals surface area (Å²) in [5.41, 5.74) is 5.79. The largest absolute Gasteiger partial charge is 0.326 e. The standard InChI is InChI=1S/C13H18ClFN2O2S2/c1-8-6-17(7-9(2)20-8)21(18,19)11-3-10(5-16)13(14)12(15)4-11/h3-4,8-9H,5-7,16H2,1-2H3. The highest BCUT2D eigenvalue weighted by molar-refractivity contribution is 8.00. The first-order valence-corrected chi connectivity index (χ1v) is 9.35. The summed E-state index contributed by atoms with van der Waals surface area (Å²) in [5, 5.41) is 0.289. The summed E-state index contributed by atoms with van der Waals surface area (Å²) in [7, 11) is -3.73. The van der Waals surface area contributed by atoms with Gasteiger partial charge in [0.2, 0.25) is 10.0 Å². The van der Waals surface area contributed by atoms with Crippen LogP contribution in [0.5, 0.6) is 0 Å². The number of rotatable bonds is 3. The van der Waals surface area contributed by atoms with Crippen LogP contribution in [0.1, 0.15) is 19.4 Å². The van der Waals surface area contributed by atoms with Gasteiger partial charge < -0.3 is 5.73 Å². The third kappa shape index (κ3) is 3.53. The molecule has 8 heteroatoms. The lowest BCUT2D eigenvalue weighted by molar-refractivity contribution is 0.404. The van der Waals surface area contributed by atoms with Crippen LogP contribution in [-0.2, 0) is 16.6 Å². The lowest BCUT2D eigenvalue weighted by Crippen LogP contribution is -2.44. The van der Waals surface area contributed by atoms with Gasteiger partial charge in [0.05, 0.1) is 9.92 Å². The number of nitrogens with two attached hydrogens (primary N) is 1. The molecule has 0 saturated carbocycles. The smallest absolute Gasteiger partial charge is 0.243 e. The van der Waals surface area contributed by atoms with Gasteiger partial charge in [0.1, 0.15) is 5.82 Å². The lowest BCUT2D eigenvalue weighted by atomic mass is 10.2. The molecule has 4 nitrogen and oxygen atoms in total. The van der Waals surface area contributed by atoms with Crippen LogP contribution in [0.4, 0.5) is 4.39 Å². The van der Waals surface area contributed by atoms with Crippen molar-refractivity contribution in [3.63, 3.8) is 0 Å². The van der Waals surface area contributed by atoms with Gasteiger partial charge >= 0.3 is 0 Å². The van der Waals surface area contributed by atoms with E-state index >= 15 is 0 Å². The highest BCUT2D eigenvalue weighted by atomic mass is 35.5. The number of benzene rings is 1. The normalized spacial score (nSPS) is 24.2. The van der Waals surface area contributed by atoms with Gasteiger partial charge in [-0.15, -0.1) is 0 Å². The van der Waals surface area contributed by atoms with Crippen LogP contribution in [0, 0.1) is 5.82 Å². The van der Waals surface area contributed by atoms with Crippen LogP contribution < -0.4 is 5.73 Å². The van der Waals surface area contributed by atoms with E-state index in [2.05, 4.69) is 0 Å². The molecule has 0 spiro atoms. The van der Waals surface area contributed by atoms with Gasteiger partial charge in [0.25, 0.3) is 0 Å². The Labute approximate surface area is 133 Å². The van der Waals surface area contributed by atoms with Gasteiger partial charge in [0.15, 0.2) is 0 Å². The molecule has 0 aliphatic carbocycles. The molecule has 1 fully saturated rings. The van der Waals surface area contributed by atoms with Crippen molar-refractivity contribution in [3.05, 3.63) is 28.5 Å². The highest BCUT2D eigenvalue weighted by Crippen LogP contribution is 2.31. The molecule has 1 aliphatic heterocycles. The first-order valence-electron chi connectivity index (χ1n) is 6.59. The number of thioether (sulfide) groups is 1. The molecule has 0 aromatic heterocycles. The topological polar surface area (TPSA) is 63.4 Å². The van der Waals surface area contributed by atoms with Gasteiger partial charge in [-0.1, -0.05) is 25.4 Å². The molecule has 1 heterocycles. The van der Waals surface area contributed by atoms with Crippen LogP contribution >= 0.6 is 23.4 Å². The Morgan fingerprint density at radius 3 is 2.48 bits per heavy atom. The molecule has 0 radical (unpaired) electrons. The Kier molecular flexibility index (Phi) is 5.20. The van der Waals surface area contributed by atoms with E-state index in [1.807, 2.05) is 13.8 Å². The zero-order valence-electron chi connectivity index (χ0n) is 11.8. The van der Waals surface area contributed by atoms with Gasteiger partial charge in [-0.3, -0.25) is 0 Å². The van der Waals surface area contributed by atoms with Crippen LogP contribution in [0.2, 0.25) is 5.02 Å². The third-order valence-electron chi connectivity index (χ3n) is 3.32. The van der Waals surface area contributed by atoms with Crippen LogP contribution in [0.3, 0.4) is 0 Å². The van der Waals surface area contributed by atoms with Crippen LogP contribution in [-0.4, -0.2) is 36.3 Å². The summed E-state index contributed by atoms with van der Waals surface area (Å²) < 4.78 is 40.6. The van der Waals surface area contributed by atoms with Crippen molar-refractivity contribution in [2.24, 2.45) is 5.73 Å². The van der Waals surface area contributed by atoms with Crippen molar-refractivity contribution in [1.82, 2.24) is 4.31 Å². The van der Waals surface area contributed by atoms with E-state index in [0.717, 1.165) is 6.07 Å². The van der Waals surface area contributed by atoms with E-state index in [-0.39, 0.29) is 27.0 Å². The van der Waals surface area contributed by atoms with Gasteiger partial charge in [0, 0.05) is 30.1 Å². The summed E-state index contributed by atoms with van der Waals surface area (Å²) in [4.78, 5) is -0.0869. The maximum absolute atomic E-state index is 13.8. The third-order valence-corrected chi connectivity index (χ3v) is 6.78. The second-order valence-corrected chi connectivity index (χ2v) is 9.36. The van der Waals surface area contributed by atoms with Crippen molar-refractivity contribution in [2.45, 2.75) is 35.8 Å². The Bertz CT molecular complexity index is 629. The maximum atomic E-state index is 13.8. The zero-order valence-corrected chi connectivity index (χ0v) is 14.2. The summed E-state index contributed by atoms with van der Waals surface area (Å²) in [6.07, 6.45) is 0. The molecular formula is C13H18ClFN2O2S2. The zero-order chi connectivity index (χ0) is 15.8. The van der Waals surface area contributed by atoms with Crippen molar-refractivity contribution in [3.8, 4) is 0 Å². The minimum atomic E-state index is -3.73. The quantitative estimate of drug-likeness (QED) is 0.907. The fourth-order valence-corrected chi connectivity index (χ4v) is 5.77. The van der Waals surface area contributed by atoms with Gasteiger partial charge in [-0.05, 0) is 17.7 Å². The molecule has 2 unspecified atom stereocenters. The molecule has 1 saturated heterocycles. The van der Waals surface area contributed by atoms with E-state index in [4.69, 9.17) is 17.3 Å². The van der Waals surface area contributed by atoms with Crippen LogP contribution in [0.15, 0.2) is 17.0 Å². The Morgan fingerprint density at radius 1 is 1.38 bits per heavy atom. The Balaban J connectivity index is 2.42. The molecule has 21 heavy (non-hydrogen) atoms. The summed E-state index contributed by atoms with van der Waals surface area (Å²) in [6.45, 7) is 4.79. The van der Waals surface area contributed by atoms with E-state index < -0.39 is 15.8 Å². The summed E-state index contributed by atoms with van der Waals surface area (Å²) >= 11 is 7.53. The molecule has 0 amide bonds. The monoisotopic (exact) mass is 352 g/mol. The van der Waals surface area contributed by atoms with Crippen LogP contribution in [0.25, 0.3) is 0 Å². The fraction of sp³-hybridized carbons (Fsp3) is 0.538. The van der Waals surface area contributed by atoms with Crippen molar-refractivity contribution in [1.29, 1.82) is 0 Å². The summed E-state index contributed by atoms with van der Waals surface area (Å²) in [5.74, 6) is -0.759. The molecule has 1 aromatic carbocycles. The van der Waals surface area contributed by atoms with Crippen molar-refractivity contribution < 1.29 is 12.8 Å². The SMILES string of the molecule is CC1CN(S(=O)(=O)c2cc(F)c(Cl)c(CN)c2)CC(C)S1. The van der Waals surface area contributed by atoms with E-state index in [1.165, 1.54) is 10.4 Å². The molecule has 118 valence electrons. The Hall–Kier alpha value is -0.340. The van der Waals surface area contributed by atoms with Crippen molar-refractivity contribution in [2.75, 3.05) is 13.1 Å². The first kappa shape index (κ1) is 17.0. The molecule has 2 rings (SSSR count). The molecule has 1 aromatic rings. The van der Waals surface area contributed by atoms with Gasteiger partial charge in [-0.25, -0.2) is 12.8 Å². The molecule has 2 N–H and O–H groups in total. The minimum absolute atomic E-state index is 0.0121. The summed E-state index contributed by atoms with van der Waals surface area (Å²) in [6, 6.07) is 2.33. The number of halogens is 2. The number of sulfonamides is 1. The Morgan fingerprint density at radius 2 is 1.95 bits per heavy atom. The van der Waals surface area contributed by atoms with E-state index in [9.17, 15) is 12.8 Å². The average molecular weight is 353 g/mol. The maximum Gasteiger partial charge on any atom is 0.243 e.